The van der Waals surface area contributed by atoms with Crippen LogP contribution in [-0.2, 0) is 28.2 Å². The summed E-state index contributed by atoms with van der Waals surface area (Å²) in [6.07, 6.45) is -2.66. The molecule has 0 saturated heterocycles. The number of alkyl halides is 3. The van der Waals surface area contributed by atoms with E-state index >= 15 is 0 Å². The molecule has 0 fully saturated rings. The minimum Gasteiger partial charge on any atom is -0.507 e. The average Bonchev–Trinajstić information content (AvgIpc) is 2.65. The molecule has 2 aromatic rings. The van der Waals surface area contributed by atoms with Gasteiger partial charge in [0.25, 0.3) is 0 Å². The van der Waals surface area contributed by atoms with Gasteiger partial charge in [-0.05, 0) is 51.6 Å². The van der Waals surface area contributed by atoms with Crippen LogP contribution in [0.25, 0.3) is 0 Å². The van der Waals surface area contributed by atoms with Crippen LogP contribution in [0.2, 0.25) is 0 Å². The van der Waals surface area contributed by atoms with Crippen LogP contribution >= 0.6 is 0 Å². The van der Waals surface area contributed by atoms with Gasteiger partial charge in [0.05, 0.1) is 11.8 Å². The third kappa shape index (κ3) is 6.84. The zero-order valence-corrected chi connectivity index (χ0v) is 19.4. The summed E-state index contributed by atoms with van der Waals surface area (Å²) in [4.78, 5) is 12.2. The predicted octanol–water partition coefficient (Wildman–Crippen LogP) is 6.09. The van der Waals surface area contributed by atoms with E-state index in [1.165, 1.54) is 18.3 Å². The van der Waals surface area contributed by atoms with Gasteiger partial charge in [0.2, 0.25) is 5.91 Å². The first-order chi connectivity index (χ1) is 14.6. The zero-order valence-electron chi connectivity index (χ0n) is 19.4. The smallest absolute Gasteiger partial charge is 0.416 e. The van der Waals surface area contributed by atoms with Gasteiger partial charge in [0, 0.05) is 6.42 Å². The predicted molar refractivity (Wildman–Crippen MR) is 121 cm³/mol. The molecule has 0 aromatic heterocycles. The van der Waals surface area contributed by atoms with Gasteiger partial charge in [-0.15, -0.1) is 0 Å². The number of carbonyl (C=O) groups excluding carboxylic acids is 1. The molecule has 2 aromatic carbocycles. The number of phenolic OH excluding ortho intramolecular Hbond substituents is 1. The largest absolute Gasteiger partial charge is 0.507 e. The van der Waals surface area contributed by atoms with Crippen LogP contribution < -0.4 is 5.43 Å². The summed E-state index contributed by atoms with van der Waals surface area (Å²) >= 11 is 0. The zero-order chi connectivity index (χ0) is 24.3. The second-order valence-electron chi connectivity index (χ2n) is 9.96. The van der Waals surface area contributed by atoms with Crippen molar-refractivity contribution in [1.29, 1.82) is 0 Å². The van der Waals surface area contributed by atoms with Crippen molar-refractivity contribution in [2.24, 2.45) is 5.10 Å². The second kappa shape index (κ2) is 9.35. The Hall–Kier alpha value is -2.83. The number of benzene rings is 2. The first-order valence-electron chi connectivity index (χ1n) is 10.4. The highest BCUT2D eigenvalue weighted by molar-refractivity contribution is 5.82. The van der Waals surface area contributed by atoms with E-state index < -0.39 is 11.7 Å². The number of carbonyl (C=O) groups is 1. The number of nitrogens with one attached hydrogen (secondary N) is 1. The lowest BCUT2D eigenvalue weighted by Crippen LogP contribution is -2.20. The molecule has 174 valence electrons. The van der Waals surface area contributed by atoms with Crippen LogP contribution in [0.1, 0.15) is 75.8 Å². The summed E-state index contributed by atoms with van der Waals surface area (Å²) in [5.74, 6) is -0.0696. The average molecular weight is 449 g/mol. The molecule has 0 atom stereocenters. The third-order valence-corrected chi connectivity index (χ3v) is 5.04. The van der Waals surface area contributed by atoms with Crippen molar-refractivity contribution in [3.8, 4) is 5.75 Å². The molecule has 4 nitrogen and oxygen atoms in total. The normalized spacial score (nSPS) is 12.9. The van der Waals surface area contributed by atoms with Crippen molar-refractivity contribution < 1.29 is 23.1 Å². The molecule has 0 unspecified atom stereocenters. The molecule has 0 bridgehead atoms. The fourth-order valence-corrected chi connectivity index (χ4v) is 3.27. The molecule has 0 aliphatic heterocycles. The van der Waals surface area contributed by atoms with Crippen LogP contribution in [0.15, 0.2) is 41.5 Å². The molecule has 32 heavy (non-hydrogen) atoms. The van der Waals surface area contributed by atoms with Crippen molar-refractivity contribution in [3.05, 3.63) is 64.2 Å². The van der Waals surface area contributed by atoms with E-state index in [4.69, 9.17) is 0 Å². The van der Waals surface area contributed by atoms with Crippen molar-refractivity contribution in [3.63, 3.8) is 0 Å². The first-order valence-corrected chi connectivity index (χ1v) is 10.4. The van der Waals surface area contributed by atoms with E-state index in [2.05, 4.69) is 10.5 Å². The van der Waals surface area contributed by atoms with E-state index in [9.17, 15) is 23.1 Å². The monoisotopic (exact) mass is 448 g/mol. The molecule has 1 amide bonds. The van der Waals surface area contributed by atoms with Gasteiger partial charge < -0.3 is 5.11 Å². The van der Waals surface area contributed by atoms with Crippen molar-refractivity contribution in [2.45, 2.75) is 71.4 Å². The summed E-state index contributed by atoms with van der Waals surface area (Å²) < 4.78 is 38.3. The number of rotatable bonds is 5. The molecule has 2 N–H and O–H groups in total. The van der Waals surface area contributed by atoms with E-state index in [-0.39, 0.29) is 34.5 Å². The second-order valence-corrected chi connectivity index (χ2v) is 9.96. The molecule has 7 heteroatoms. The topological polar surface area (TPSA) is 61.7 Å². The van der Waals surface area contributed by atoms with Crippen LogP contribution in [0.5, 0.6) is 5.75 Å². The number of hydrogen-bond acceptors (Lipinski definition) is 3. The van der Waals surface area contributed by atoms with Crippen LogP contribution in [-0.4, -0.2) is 17.2 Å². The quantitative estimate of drug-likeness (QED) is 0.430. The molecule has 0 radical (unpaired) electrons. The number of aryl methyl sites for hydroxylation is 1. The Labute approximate surface area is 187 Å². The van der Waals surface area contributed by atoms with Crippen molar-refractivity contribution in [2.75, 3.05) is 0 Å². The van der Waals surface area contributed by atoms with Crippen LogP contribution in [0, 0.1) is 0 Å². The minimum absolute atomic E-state index is 0.151. The maximum Gasteiger partial charge on any atom is 0.416 e. The Kier molecular flexibility index (Phi) is 7.43. The molecule has 0 aliphatic carbocycles. The number of nitrogens with zero attached hydrogens (tertiary/aromatic N) is 1. The van der Waals surface area contributed by atoms with E-state index in [0.29, 0.717) is 6.42 Å². The lowest BCUT2D eigenvalue weighted by molar-refractivity contribution is -0.137. The standard InChI is InChI=1S/C25H31F3N2O2/c1-23(2,3)19-13-16(14-20(22(19)32)24(4,5)6)10-11-21(31)30-29-15-17-8-7-9-18(12-17)25(26,27)28/h7-9,12-15,32H,10-11H2,1-6H3,(H,30,31)/b29-15-. The number of phenols is 1. The van der Waals surface area contributed by atoms with Crippen molar-refractivity contribution in [1.82, 2.24) is 5.43 Å². The summed E-state index contributed by atoms with van der Waals surface area (Å²) in [5.41, 5.74) is 3.86. The summed E-state index contributed by atoms with van der Waals surface area (Å²) in [7, 11) is 0. The van der Waals surface area contributed by atoms with Crippen LogP contribution in [0.3, 0.4) is 0 Å². The van der Waals surface area contributed by atoms with Gasteiger partial charge in [0.1, 0.15) is 5.75 Å². The Bertz CT molecular complexity index is 962. The lowest BCUT2D eigenvalue weighted by atomic mass is 9.78. The number of hydrazone groups is 1. The fourth-order valence-electron chi connectivity index (χ4n) is 3.27. The van der Waals surface area contributed by atoms with Crippen LogP contribution in [0.4, 0.5) is 13.2 Å². The number of aromatic hydroxyl groups is 1. The summed E-state index contributed by atoms with van der Waals surface area (Å²) in [5, 5.41) is 14.6. The highest BCUT2D eigenvalue weighted by Gasteiger charge is 2.30. The Morgan fingerprint density at radius 3 is 2.06 bits per heavy atom. The maximum atomic E-state index is 12.8. The molecule has 0 heterocycles. The van der Waals surface area contributed by atoms with Gasteiger partial charge in [0.15, 0.2) is 0 Å². The van der Waals surface area contributed by atoms with Gasteiger partial charge in [-0.25, -0.2) is 5.43 Å². The maximum absolute atomic E-state index is 12.8. The summed E-state index contributed by atoms with van der Waals surface area (Å²) in [6.45, 7) is 12.1. The van der Waals surface area contributed by atoms with E-state index in [1.807, 2.05) is 53.7 Å². The Morgan fingerprint density at radius 1 is 1.00 bits per heavy atom. The number of hydrogen-bond donors (Lipinski definition) is 2. The first kappa shape index (κ1) is 25.4. The van der Waals surface area contributed by atoms with E-state index in [1.54, 1.807) is 0 Å². The van der Waals surface area contributed by atoms with E-state index in [0.717, 1.165) is 28.8 Å². The van der Waals surface area contributed by atoms with Gasteiger partial charge in [-0.2, -0.15) is 18.3 Å². The molecule has 0 saturated carbocycles. The minimum atomic E-state index is -4.44. The van der Waals surface area contributed by atoms with Gasteiger partial charge in [-0.3, -0.25) is 4.79 Å². The van der Waals surface area contributed by atoms with Gasteiger partial charge >= 0.3 is 6.18 Å². The fraction of sp³-hybridized carbons (Fsp3) is 0.440. The molecule has 2 rings (SSSR count). The highest BCUT2D eigenvalue weighted by atomic mass is 19.4. The summed E-state index contributed by atoms with van der Waals surface area (Å²) in [6, 6.07) is 8.55. The highest BCUT2D eigenvalue weighted by Crippen LogP contribution is 2.40. The molecular weight excluding hydrogens is 417 g/mol. The SMILES string of the molecule is CC(C)(C)c1cc(CCC(=O)N/N=C\c2cccc(C(F)(F)F)c2)cc(C(C)(C)C)c1O. The third-order valence-electron chi connectivity index (χ3n) is 5.04. The molecule has 0 aliphatic rings. The lowest BCUT2D eigenvalue weighted by Gasteiger charge is -2.28. The Morgan fingerprint density at radius 2 is 1.56 bits per heavy atom. The van der Waals surface area contributed by atoms with Gasteiger partial charge in [-0.1, -0.05) is 65.8 Å². The molecule has 0 spiro atoms. The molecular formula is C25H31F3N2O2. The number of amides is 1. The van der Waals surface area contributed by atoms with Crippen molar-refractivity contribution >= 4 is 12.1 Å². The number of halogens is 3. The Balaban J connectivity index is 2.09.